The van der Waals surface area contributed by atoms with Gasteiger partial charge in [-0.15, -0.1) is 0 Å². The standard InChI is InChI=1S/C11H13N3O/c1-15-9-4-2-8(3-5-9)11-10(6-12)13-7-14-11/h2-5,7H,6,12H2,1H3,(H,13,14). The molecule has 0 spiro atoms. The second-order valence-corrected chi connectivity index (χ2v) is 3.16. The van der Waals surface area contributed by atoms with Crippen LogP contribution in [-0.2, 0) is 6.54 Å². The summed E-state index contributed by atoms with van der Waals surface area (Å²) in [5, 5.41) is 0. The lowest BCUT2D eigenvalue weighted by atomic mass is 10.1. The number of methoxy groups -OCH3 is 1. The van der Waals surface area contributed by atoms with Crippen molar-refractivity contribution >= 4 is 0 Å². The summed E-state index contributed by atoms with van der Waals surface area (Å²) >= 11 is 0. The van der Waals surface area contributed by atoms with Gasteiger partial charge in [0.2, 0.25) is 0 Å². The fraction of sp³-hybridized carbons (Fsp3) is 0.182. The first-order valence-corrected chi connectivity index (χ1v) is 4.72. The number of ether oxygens (including phenoxy) is 1. The first-order valence-electron chi connectivity index (χ1n) is 4.72. The number of nitrogens with one attached hydrogen (secondary N) is 1. The smallest absolute Gasteiger partial charge is 0.118 e. The van der Waals surface area contributed by atoms with E-state index in [-0.39, 0.29) is 0 Å². The summed E-state index contributed by atoms with van der Waals surface area (Å²) in [7, 11) is 1.65. The minimum Gasteiger partial charge on any atom is -0.497 e. The molecule has 3 N–H and O–H groups in total. The molecule has 0 aliphatic rings. The summed E-state index contributed by atoms with van der Waals surface area (Å²) in [6, 6.07) is 7.75. The summed E-state index contributed by atoms with van der Waals surface area (Å²) in [5.74, 6) is 0.837. The summed E-state index contributed by atoms with van der Waals surface area (Å²) < 4.78 is 5.09. The Bertz CT molecular complexity index is 433. The zero-order valence-electron chi connectivity index (χ0n) is 8.53. The molecule has 4 heteroatoms. The van der Waals surface area contributed by atoms with Crippen molar-refractivity contribution in [3.63, 3.8) is 0 Å². The Morgan fingerprint density at radius 1 is 1.33 bits per heavy atom. The van der Waals surface area contributed by atoms with E-state index in [0.717, 1.165) is 22.7 Å². The van der Waals surface area contributed by atoms with E-state index in [1.165, 1.54) is 0 Å². The van der Waals surface area contributed by atoms with Crippen molar-refractivity contribution in [3.05, 3.63) is 36.3 Å². The fourth-order valence-corrected chi connectivity index (χ4v) is 1.47. The highest BCUT2D eigenvalue weighted by molar-refractivity contribution is 5.62. The monoisotopic (exact) mass is 203 g/mol. The molecule has 0 fully saturated rings. The highest BCUT2D eigenvalue weighted by Crippen LogP contribution is 2.22. The SMILES string of the molecule is COc1ccc(-c2nc[nH]c2CN)cc1. The molecule has 15 heavy (non-hydrogen) atoms. The average molecular weight is 203 g/mol. The van der Waals surface area contributed by atoms with Gasteiger partial charge >= 0.3 is 0 Å². The molecule has 0 bridgehead atoms. The number of imidazole rings is 1. The van der Waals surface area contributed by atoms with Gasteiger partial charge in [0.05, 0.1) is 24.8 Å². The lowest BCUT2D eigenvalue weighted by molar-refractivity contribution is 0.415. The van der Waals surface area contributed by atoms with Gasteiger partial charge in [-0.3, -0.25) is 0 Å². The molecule has 0 saturated heterocycles. The normalized spacial score (nSPS) is 10.3. The molecule has 0 radical (unpaired) electrons. The van der Waals surface area contributed by atoms with E-state index < -0.39 is 0 Å². The van der Waals surface area contributed by atoms with Gasteiger partial charge in [0.15, 0.2) is 0 Å². The van der Waals surface area contributed by atoms with Crippen LogP contribution in [0.25, 0.3) is 11.3 Å². The molecule has 0 aliphatic carbocycles. The van der Waals surface area contributed by atoms with Crippen LogP contribution >= 0.6 is 0 Å². The predicted octanol–water partition coefficient (Wildman–Crippen LogP) is 1.54. The molecule has 0 unspecified atom stereocenters. The number of hydrogen-bond acceptors (Lipinski definition) is 3. The van der Waals surface area contributed by atoms with Crippen molar-refractivity contribution in [2.45, 2.75) is 6.54 Å². The van der Waals surface area contributed by atoms with Crippen molar-refractivity contribution in [2.24, 2.45) is 5.73 Å². The molecule has 1 aromatic heterocycles. The molecular weight excluding hydrogens is 190 g/mol. The van der Waals surface area contributed by atoms with Crippen LogP contribution < -0.4 is 10.5 Å². The van der Waals surface area contributed by atoms with E-state index >= 15 is 0 Å². The molecule has 1 heterocycles. The Morgan fingerprint density at radius 2 is 2.07 bits per heavy atom. The van der Waals surface area contributed by atoms with Gasteiger partial charge in [-0.1, -0.05) is 0 Å². The molecular formula is C11H13N3O. The maximum atomic E-state index is 5.59. The summed E-state index contributed by atoms with van der Waals surface area (Å²) in [6.07, 6.45) is 1.65. The number of nitrogens with zero attached hydrogens (tertiary/aromatic N) is 1. The van der Waals surface area contributed by atoms with Crippen LogP contribution in [-0.4, -0.2) is 17.1 Å². The van der Waals surface area contributed by atoms with Crippen molar-refractivity contribution in [1.29, 1.82) is 0 Å². The minimum atomic E-state index is 0.460. The van der Waals surface area contributed by atoms with Crippen molar-refractivity contribution in [3.8, 4) is 17.0 Å². The number of aromatic nitrogens is 2. The Morgan fingerprint density at radius 3 is 2.67 bits per heavy atom. The van der Waals surface area contributed by atoms with E-state index in [1.54, 1.807) is 13.4 Å². The second-order valence-electron chi connectivity index (χ2n) is 3.16. The zero-order chi connectivity index (χ0) is 10.7. The Labute approximate surface area is 88.1 Å². The molecule has 0 aliphatic heterocycles. The first-order chi connectivity index (χ1) is 7.35. The van der Waals surface area contributed by atoms with Crippen molar-refractivity contribution in [2.75, 3.05) is 7.11 Å². The molecule has 1 aromatic carbocycles. The van der Waals surface area contributed by atoms with Crippen LogP contribution in [0.1, 0.15) is 5.69 Å². The van der Waals surface area contributed by atoms with Crippen LogP contribution in [0.15, 0.2) is 30.6 Å². The Kier molecular flexibility index (Phi) is 2.69. The number of nitrogens with two attached hydrogens (primary N) is 1. The fourth-order valence-electron chi connectivity index (χ4n) is 1.47. The number of rotatable bonds is 3. The maximum absolute atomic E-state index is 5.59. The second kappa shape index (κ2) is 4.14. The quantitative estimate of drug-likeness (QED) is 0.795. The topological polar surface area (TPSA) is 63.9 Å². The highest BCUT2D eigenvalue weighted by Gasteiger charge is 2.06. The summed E-state index contributed by atoms with van der Waals surface area (Å²) in [6.45, 7) is 0.460. The van der Waals surface area contributed by atoms with E-state index in [1.807, 2.05) is 24.3 Å². The molecule has 2 aromatic rings. The van der Waals surface area contributed by atoms with Gasteiger partial charge in [-0.05, 0) is 24.3 Å². The molecule has 4 nitrogen and oxygen atoms in total. The van der Waals surface area contributed by atoms with Crippen LogP contribution in [0.3, 0.4) is 0 Å². The number of hydrogen-bond donors (Lipinski definition) is 2. The van der Waals surface area contributed by atoms with E-state index in [2.05, 4.69) is 9.97 Å². The van der Waals surface area contributed by atoms with Crippen molar-refractivity contribution < 1.29 is 4.74 Å². The van der Waals surface area contributed by atoms with E-state index in [9.17, 15) is 0 Å². The molecule has 0 saturated carbocycles. The lowest BCUT2D eigenvalue weighted by Crippen LogP contribution is -1.98. The number of H-pyrrole nitrogens is 1. The van der Waals surface area contributed by atoms with Gasteiger partial charge in [0, 0.05) is 12.1 Å². The Hall–Kier alpha value is -1.81. The summed E-state index contributed by atoms with van der Waals surface area (Å²) in [5.41, 5.74) is 8.48. The summed E-state index contributed by atoms with van der Waals surface area (Å²) in [4.78, 5) is 7.25. The molecule has 2 rings (SSSR count). The third-order valence-corrected chi connectivity index (χ3v) is 2.29. The lowest BCUT2D eigenvalue weighted by Gasteiger charge is -2.02. The molecule has 78 valence electrons. The molecule has 0 atom stereocenters. The number of aromatic amines is 1. The van der Waals surface area contributed by atoms with Crippen LogP contribution in [0.4, 0.5) is 0 Å². The highest BCUT2D eigenvalue weighted by atomic mass is 16.5. The van der Waals surface area contributed by atoms with Gasteiger partial charge < -0.3 is 15.5 Å². The first kappa shape index (κ1) is 9.73. The van der Waals surface area contributed by atoms with Gasteiger partial charge in [0.1, 0.15) is 5.75 Å². The van der Waals surface area contributed by atoms with Crippen molar-refractivity contribution in [1.82, 2.24) is 9.97 Å². The van der Waals surface area contributed by atoms with Crippen LogP contribution in [0, 0.1) is 0 Å². The van der Waals surface area contributed by atoms with Crippen LogP contribution in [0.2, 0.25) is 0 Å². The third kappa shape index (κ3) is 1.85. The van der Waals surface area contributed by atoms with Gasteiger partial charge in [-0.2, -0.15) is 0 Å². The average Bonchev–Trinajstić information content (AvgIpc) is 2.77. The third-order valence-electron chi connectivity index (χ3n) is 2.29. The van der Waals surface area contributed by atoms with Gasteiger partial charge in [0.25, 0.3) is 0 Å². The van der Waals surface area contributed by atoms with Crippen LogP contribution in [0.5, 0.6) is 5.75 Å². The Balaban J connectivity index is 2.37. The van der Waals surface area contributed by atoms with E-state index in [0.29, 0.717) is 6.54 Å². The number of benzene rings is 1. The zero-order valence-corrected chi connectivity index (χ0v) is 8.53. The van der Waals surface area contributed by atoms with E-state index in [4.69, 9.17) is 10.5 Å². The largest absolute Gasteiger partial charge is 0.497 e. The predicted molar refractivity (Wildman–Crippen MR) is 58.5 cm³/mol. The molecule has 0 amide bonds. The minimum absolute atomic E-state index is 0.460. The van der Waals surface area contributed by atoms with Gasteiger partial charge in [-0.25, -0.2) is 4.98 Å². The maximum Gasteiger partial charge on any atom is 0.118 e.